The van der Waals surface area contributed by atoms with Crippen molar-refractivity contribution in [2.75, 3.05) is 0 Å². The molecular weight excluding hydrogens is 317 g/mol. The summed E-state index contributed by atoms with van der Waals surface area (Å²) in [6.45, 7) is 1.63. The third kappa shape index (κ3) is 3.52. The first kappa shape index (κ1) is 16.7. The van der Waals surface area contributed by atoms with Gasteiger partial charge in [0.25, 0.3) is 0 Å². The predicted molar refractivity (Wildman–Crippen MR) is 84.4 cm³/mol. The van der Waals surface area contributed by atoms with E-state index in [0.29, 0.717) is 11.3 Å². The summed E-state index contributed by atoms with van der Waals surface area (Å²) in [6, 6.07) is 5.23. The second kappa shape index (κ2) is 6.42. The third-order valence-corrected chi connectivity index (χ3v) is 4.79. The van der Waals surface area contributed by atoms with Crippen LogP contribution in [0.25, 0.3) is 11.3 Å². The second-order valence-corrected chi connectivity index (χ2v) is 6.42. The molecule has 1 aliphatic carbocycles. The van der Waals surface area contributed by atoms with Gasteiger partial charge in [-0.2, -0.15) is 13.2 Å². The molecule has 128 valence electrons. The molecule has 1 aromatic heterocycles. The number of Topliss-reactive ketones (excluding diaryl/α,β-unsaturated/α-hetero) is 1. The minimum atomic E-state index is -4.36. The summed E-state index contributed by atoms with van der Waals surface area (Å²) < 4.78 is 38.5. The summed E-state index contributed by atoms with van der Waals surface area (Å²) in [5.74, 6) is 1.40. The van der Waals surface area contributed by atoms with E-state index < -0.39 is 11.7 Å². The number of nitrogens with zero attached hydrogens (tertiary/aromatic N) is 1. The summed E-state index contributed by atoms with van der Waals surface area (Å²) >= 11 is 0. The highest BCUT2D eigenvalue weighted by atomic mass is 19.4. The van der Waals surface area contributed by atoms with Crippen LogP contribution in [0.1, 0.15) is 49.9 Å². The van der Waals surface area contributed by atoms with Crippen molar-refractivity contribution in [1.82, 2.24) is 9.97 Å². The van der Waals surface area contributed by atoms with Gasteiger partial charge in [-0.25, -0.2) is 4.98 Å². The standard InChI is InChI=1S/C18H19F3N2O/c1-11(24)12-5-7-13(8-6-12)17-22-10-16(23-17)14-3-2-4-15(9-14)18(19,20)21/h2-4,9-10,12-13H,5-8H2,1H3,(H,22,23). The first-order chi connectivity index (χ1) is 11.3. The fourth-order valence-corrected chi connectivity index (χ4v) is 3.33. The number of aromatic nitrogens is 2. The molecule has 24 heavy (non-hydrogen) atoms. The predicted octanol–water partition coefficient (Wildman–Crippen LogP) is 4.96. The average molecular weight is 336 g/mol. The quantitative estimate of drug-likeness (QED) is 0.861. The zero-order valence-corrected chi connectivity index (χ0v) is 13.4. The summed E-state index contributed by atoms with van der Waals surface area (Å²) in [4.78, 5) is 18.9. The lowest BCUT2D eigenvalue weighted by atomic mass is 9.80. The Morgan fingerprint density at radius 2 is 1.92 bits per heavy atom. The largest absolute Gasteiger partial charge is 0.416 e. The maximum Gasteiger partial charge on any atom is 0.416 e. The van der Waals surface area contributed by atoms with Gasteiger partial charge in [-0.1, -0.05) is 12.1 Å². The van der Waals surface area contributed by atoms with Crippen molar-refractivity contribution >= 4 is 5.78 Å². The molecule has 0 saturated heterocycles. The van der Waals surface area contributed by atoms with Gasteiger partial charge in [-0.05, 0) is 44.7 Å². The average Bonchev–Trinajstić information content (AvgIpc) is 3.04. The number of nitrogens with one attached hydrogen (secondary N) is 1. The van der Waals surface area contributed by atoms with E-state index in [1.54, 1.807) is 19.2 Å². The number of alkyl halides is 3. The van der Waals surface area contributed by atoms with Gasteiger partial charge in [0.15, 0.2) is 0 Å². The van der Waals surface area contributed by atoms with Crippen LogP contribution >= 0.6 is 0 Å². The number of ketones is 1. The Bertz CT molecular complexity index is 728. The van der Waals surface area contributed by atoms with E-state index in [2.05, 4.69) is 9.97 Å². The molecule has 3 nitrogen and oxygen atoms in total. The first-order valence-corrected chi connectivity index (χ1v) is 8.07. The van der Waals surface area contributed by atoms with Gasteiger partial charge < -0.3 is 4.98 Å². The molecule has 0 bridgehead atoms. The van der Waals surface area contributed by atoms with Crippen LogP contribution in [0.5, 0.6) is 0 Å². The Morgan fingerprint density at radius 1 is 1.21 bits per heavy atom. The van der Waals surface area contributed by atoms with Crippen LogP contribution in [0.2, 0.25) is 0 Å². The molecule has 6 heteroatoms. The van der Waals surface area contributed by atoms with E-state index in [9.17, 15) is 18.0 Å². The number of carbonyl (C=O) groups is 1. The lowest BCUT2D eigenvalue weighted by Crippen LogP contribution is -2.19. The third-order valence-electron chi connectivity index (χ3n) is 4.79. The number of hydrogen-bond acceptors (Lipinski definition) is 2. The highest BCUT2D eigenvalue weighted by Crippen LogP contribution is 2.36. The van der Waals surface area contributed by atoms with E-state index in [0.717, 1.165) is 43.6 Å². The van der Waals surface area contributed by atoms with E-state index in [1.807, 2.05) is 0 Å². The summed E-state index contributed by atoms with van der Waals surface area (Å²) in [6.07, 6.45) is 0.671. The smallest absolute Gasteiger partial charge is 0.342 e. The number of rotatable bonds is 3. The fraction of sp³-hybridized carbons (Fsp3) is 0.444. The molecule has 0 aliphatic heterocycles. The van der Waals surface area contributed by atoms with Crippen LogP contribution in [0.3, 0.4) is 0 Å². The first-order valence-electron chi connectivity index (χ1n) is 8.07. The van der Waals surface area contributed by atoms with Crippen LogP contribution < -0.4 is 0 Å². The fourth-order valence-electron chi connectivity index (χ4n) is 3.33. The lowest BCUT2D eigenvalue weighted by Gasteiger charge is -2.25. The van der Waals surface area contributed by atoms with Crippen molar-refractivity contribution in [2.45, 2.75) is 44.7 Å². The Morgan fingerprint density at radius 3 is 2.54 bits per heavy atom. The van der Waals surface area contributed by atoms with E-state index >= 15 is 0 Å². The highest BCUT2D eigenvalue weighted by Gasteiger charge is 2.31. The van der Waals surface area contributed by atoms with Gasteiger partial charge in [-0.3, -0.25) is 4.79 Å². The summed E-state index contributed by atoms with van der Waals surface area (Å²) in [5, 5.41) is 0. The van der Waals surface area contributed by atoms with Crippen molar-refractivity contribution in [3.05, 3.63) is 41.9 Å². The maximum absolute atomic E-state index is 12.8. The number of carbonyl (C=O) groups excluding carboxylic acids is 1. The van der Waals surface area contributed by atoms with Gasteiger partial charge in [0.05, 0.1) is 17.5 Å². The number of H-pyrrole nitrogens is 1. The normalized spacial score (nSPS) is 21.7. The number of benzene rings is 1. The molecule has 0 amide bonds. The molecule has 0 unspecified atom stereocenters. The van der Waals surface area contributed by atoms with Gasteiger partial charge in [0.1, 0.15) is 11.6 Å². The van der Waals surface area contributed by atoms with Crippen molar-refractivity contribution in [3.63, 3.8) is 0 Å². The molecular formula is C18H19F3N2O. The van der Waals surface area contributed by atoms with Gasteiger partial charge in [0, 0.05) is 17.4 Å². The molecule has 1 saturated carbocycles. The molecule has 1 fully saturated rings. The number of hydrogen-bond donors (Lipinski definition) is 1. The van der Waals surface area contributed by atoms with Gasteiger partial charge >= 0.3 is 6.18 Å². The zero-order valence-electron chi connectivity index (χ0n) is 13.4. The van der Waals surface area contributed by atoms with Crippen molar-refractivity contribution in [3.8, 4) is 11.3 Å². The Hall–Kier alpha value is -2.11. The number of halogens is 3. The lowest BCUT2D eigenvalue weighted by molar-refractivity contribution is -0.137. The summed E-state index contributed by atoms with van der Waals surface area (Å²) in [5.41, 5.74) is 0.393. The molecule has 1 aromatic carbocycles. The van der Waals surface area contributed by atoms with Crippen LogP contribution in [-0.2, 0) is 11.0 Å². The molecule has 3 rings (SSSR count). The van der Waals surface area contributed by atoms with Crippen molar-refractivity contribution < 1.29 is 18.0 Å². The minimum Gasteiger partial charge on any atom is -0.342 e. The van der Waals surface area contributed by atoms with E-state index in [1.165, 1.54) is 6.07 Å². The molecule has 1 heterocycles. The molecule has 0 radical (unpaired) electrons. The van der Waals surface area contributed by atoms with Gasteiger partial charge in [-0.15, -0.1) is 0 Å². The molecule has 0 spiro atoms. The monoisotopic (exact) mass is 336 g/mol. The Balaban J connectivity index is 1.76. The topological polar surface area (TPSA) is 45.8 Å². The molecule has 0 atom stereocenters. The van der Waals surface area contributed by atoms with Crippen LogP contribution in [0, 0.1) is 5.92 Å². The minimum absolute atomic E-state index is 0.138. The summed E-state index contributed by atoms with van der Waals surface area (Å²) in [7, 11) is 0. The van der Waals surface area contributed by atoms with Crippen LogP contribution in [-0.4, -0.2) is 15.8 Å². The van der Waals surface area contributed by atoms with Crippen LogP contribution in [0.4, 0.5) is 13.2 Å². The number of imidazole rings is 1. The molecule has 1 N–H and O–H groups in total. The molecule has 2 aromatic rings. The van der Waals surface area contributed by atoms with Gasteiger partial charge in [0.2, 0.25) is 0 Å². The Kier molecular flexibility index (Phi) is 4.47. The second-order valence-electron chi connectivity index (χ2n) is 6.42. The Labute approximate surface area is 138 Å². The maximum atomic E-state index is 12.8. The SMILES string of the molecule is CC(=O)C1CCC(c2ncc(-c3cccc(C(F)(F)F)c3)[nH]2)CC1. The number of aromatic amines is 1. The molecule has 1 aliphatic rings. The van der Waals surface area contributed by atoms with Crippen molar-refractivity contribution in [1.29, 1.82) is 0 Å². The van der Waals surface area contributed by atoms with Crippen LogP contribution in [0.15, 0.2) is 30.5 Å². The van der Waals surface area contributed by atoms with E-state index in [4.69, 9.17) is 0 Å². The van der Waals surface area contributed by atoms with E-state index in [-0.39, 0.29) is 17.6 Å². The zero-order chi connectivity index (χ0) is 17.3. The van der Waals surface area contributed by atoms with Crippen molar-refractivity contribution in [2.24, 2.45) is 5.92 Å². The highest BCUT2D eigenvalue weighted by molar-refractivity contribution is 5.78.